The summed E-state index contributed by atoms with van der Waals surface area (Å²) in [4.78, 5) is 15.0. The number of rotatable bonds is 2. The van der Waals surface area contributed by atoms with Gasteiger partial charge in [-0.1, -0.05) is 18.2 Å². The molecule has 1 saturated heterocycles. The summed E-state index contributed by atoms with van der Waals surface area (Å²) in [5, 5.41) is 7.28. The van der Waals surface area contributed by atoms with Gasteiger partial charge in [0.2, 0.25) is 5.91 Å². The molecule has 4 rings (SSSR count). The smallest absolute Gasteiger partial charge is 0.235 e. The Hall–Kier alpha value is -2.14. The van der Waals surface area contributed by atoms with Crippen molar-refractivity contribution < 1.29 is 4.79 Å². The molecule has 0 bridgehead atoms. The Morgan fingerprint density at radius 2 is 2.00 bits per heavy atom. The number of amides is 1. The highest BCUT2D eigenvalue weighted by molar-refractivity contribution is 6.06. The fraction of sp³-hybridized carbons (Fsp3) is 0.412. The molecular weight excluding hydrogens is 276 g/mol. The van der Waals surface area contributed by atoms with Crippen molar-refractivity contribution in [3.8, 4) is 0 Å². The van der Waals surface area contributed by atoms with Gasteiger partial charge in [-0.05, 0) is 43.6 Å². The zero-order chi connectivity index (χ0) is 15.2. The lowest BCUT2D eigenvalue weighted by Crippen LogP contribution is -2.46. The van der Waals surface area contributed by atoms with Crippen LogP contribution in [0.3, 0.4) is 0 Å². The predicted octanol–water partition coefficient (Wildman–Crippen LogP) is 1.91. The van der Waals surface area contributed by atoms with Crippen molar-refractivity contribution in [3.05, 3.63) is 47.8 Å². The second-order valence-electron chi connectivity index (χ2n) is 6.30. The van der Waals surface area contributed by atoms with Crippen molar-refractivity contribution in [3.63, 3.8) is 0 Å². The highest BCUT2D eigenvalue weighted by Gasteiger charge is 2.48. The van der Waals surface area contributed by atoms with Gasteiger partial charge in [0.05, 0.1) is 11.1 Å². The van der Waals surface area contributed by atoms with Gasteiger partial charge in [0.15, 0.2) is 0 Å². The Morgan fingerprint density at radius 3 is 2.73 bits per heavy atom. The summed E-state index contributed by atoms with van der Waals surface area (Å²) in [6.45, 7) is 2.77. The quantitative estimate of drug-likeness (QED) is 0.921. The number of carbonyl (C=O) groups excluding carboxylic acids is 1. The van der Waals surface area contributed by atoms with E-state index in [9.17, 15) is 4.79 Å². The van der Waals surface area contributed by atoms with Crippen LogP contribution in [0.4, 0.5) is 5.69 Å². The summed E-state index contributed by atoms with van der Waals surface area (Å²) in [7, 11) is 1.97. The van der Waals surface area contributed by atoms with Gasteiger partial charge in [0.1, 0.15) is 0 Å². The first-order chi connectivity index (χ1) is 10.7. The molecule has 0 unspecified atom stereocenters. The number of nitrogens with one attached hydrogen (secondary N) is 1. The van der Waals surface area contributed by atoms with E-state index >= 15 is 0 Å². The van der Waals surface area contributed by atoms with E-state index in [1.165, 1.54) is 11.3 Å². The average Bonchev–Trinajstić information content (AvgIpc) is 3.05. The van der Waals surface area contributed by atoms with Crippen LogP contribution in [-0.4, -0.2) is 33.7 Å². The summed E-state index contributed by atoms with van der Waals surface area (Å²) in [5.74, 6) is 0.175. The van der Waals surface area contributed by atoms with E-state index in [1.54, 1.807) is 0 Å². The third-order valence-electron chi connectivity index (χ3n) is 5.14. The highest BCUT2D eigenvalue weighted by Crippen LogP contribution is 2.44. The normalized spacial score (nSPS) is 20.1. The van der Waals surface area contributed by atoms with Crippen LogP contribution in [0.25, 0.3) is 0 Å². The fourth-order valence-electron chi connectivity index (χ4n) is 3.75. The van der Waals surface area contributed by atoms with E-state index in [4.69, 9.17) is 0 Å². The summed E-state index contributed by atoms with van der Waals surface area (Å²) in [6.07, 6.45) is 3.60. The molecule has 1 aromatic carbocycles. The first kappa shape index (κ1) is 13.5. The summed E-state index contributed by atoms with van der Waals surface area (Å²) in [6, 6.07) is 10.2. The maximum Gasteiger partial charge on any atom is 0.235 e. The van der Waals surface area contributed by atoms with Gasteiger partial charge < -0.3 is 5.32 Å². The molecule has 5 nitrogen and oxygen atoms in total. The second-order valence-corrected chi connectivity index (χ2v) is 6.30. The maximum absolute atomic E-state index is 12.5. The van der Waals surface area contributed by atoms with Gasteiger partial charge >= 0.3 is 0 Å². The standard InChI is InChI=1S/C17H20N4O/c1-20-13(6-9-18-20)12-21-10-7-17(8-11-21)14-4-2-3-5-15(14)19-16(17)22/h2-6,9H,7-8,10-12H2,1H3,(H,19,22). The summed E-state index contributed by atoms with van der Waals surface area (Å²) in [5.41, 5.74) is 3.07. The lowest BCUT2D eigenvalue weighted by atomic mass is 9.73. The molecule has 2 aliphatic rings. The molecule has 22 heavy (non-hydrogen) atoms. The molecule has 0 atom stereocenters. The average molecular weight is 296 g/mol. The molecule has 0 aliphatic carbocycles. The number of piperidine rings is 1. The lowest BCUT2D eigenvalue weighted by molar-refractivity contribution is -0.122. The molecule has 0 saturated carbocycles. The summed E-state index contributed by atoms with van der Waals surface area (Å²) < 4.78 is 1.92. The number of hydrogen-bond donors (Lipinski definition) is 1. The van der Waals surface area contributed by atoms with Crippen LogP contribution >= 0.6 is 0 Å². The van der Waals surface area contributed by atoms with E-state index in [1.807, 2.05) is 36.1 Å². The van der Waals surface area contributed by atoms with Crippen molar-refractivity contribution in [2.45, 2.75) is 24.8 Å². The molecular formula is C17H20N4O. The number of aromatic nitrogens is 2. The number of hydrogen-bond acceptors (Lipinski definition) is 3. The van der Waals surface area contributed by atoms with E-state index in [0.29, 0.717) is 0 Å². The molecule has 1 fully saturated rings. The minimum absolute atomic E-state index is 0.175. The van der Waals surface area contributed by atoms with Crippen molar-refractivity contribution in [2.75, 3.05) is 18.4 Å². The van der Waals surface area contributed by atoms with Gasteiger partial charge in [-0.25, -0.2) is 0 Å². The maximum atomic E-state index is 12.5. The zero-order valence-corrected chi connectivity index (χ0v) is 12.7. The number of likely N-dealkylation sites (tertiary alicyclic amines) is 1. The van der Waals surface area contributed by atoms with Crippen LogP contribution < -0.4 is 5.32 Å². The van der Waals surface area contributed by atoms with Gasteiger partial charge in [-0.2, -0.15) is 5.10 Å². The SMILES string of the molecule is Cn1nccc1CN1CCC2(CC1)C(=O)Nc1ccccc12. The Balaban J connectivity index is 1.52. The topological polar surface area (TPSA) is 50.2 Å². The fourth-order valence-corrected chi connectivity index (χ4v) is 3.75. The van der Waals surface area contributed by atoms with Crippen LogP contribution in [0, 0.1) is 0 Å². The molecule has 1 amide bonds. The molecule has 114 valence electrons. The predicted molar refractivity (Wildman–Crippen MR) is 84.5 cm³/mol. The highest BCUT2D eigenvalue weighted by atomic mass is 16.2. The number of carbonyl (C=O) groups is 1. The Bertz CT molecular complexity index is 713. The van der Waals surface area contributed by atoms with Gasteiger partial charge in [-0.3, -0.25) is 14.4 Å². The number of benzene rings is 1. The third-order valence-corrected chi connectivity index (χ3v) is 5.14. The molecule has 3 heterocycles. The minimum Gasteiger partial charge on any atom is -0.325 e. The molecule has 0 radical (unpaired) electrons. The van der Waals surface area contributed by atoms with Gasteiger partial charge in [0.25, 0.3) is 0 Å². The van der Waals surface area contributed by atoms with Crippen LogP contribution in [0.15, 0.2) is 36.5 Å². The minimum atomic E-state index is -0.320. The number of fused-ring (bicyclic) bond motifs is 2. The third kappa shape index (κ3) is 1.96. The second kappa shape index (κ2) is 4.95. The number of anilines is 1. The van der Waals surface area contributed by atoms with Crippen LogP contribution in [0.2, 0.25) is 0 Å². The van der Waals surface area contributed by atoms with Crippen molar-refractivity contribution in [1.82, 2.24) is 14.7 Å². The molecule has 1 N–H and O–H groups in total. The molecule has 1 aromatic heterocycles. The van der Waals surface area contributed by atoms with Crippen LogP contribution in [0.1, 0.15) is 24.1 Å². The van der Waals surface area contributed by atoms with Crippen LogP contribution in [0.5, 0.6) is 0 Å². The van der Waals surface area contributed by atoms with E-state index in [0.717, 1.165) is 38.2 Å². The van der Waals surface area contributed by atoms with Gasteiger partial charge in [0, 0.05) is 25.5 Å². The monoisotopic (exact) mass is 296 g/mol. The zero-order valence-electron chi connectivity index (χ0n) is 12.7. The first-order valence-corrected chi connectivity index (χ1v) is 7.79. The molecule has 2 aliphatic heterocycles. The van der Waals surface area contributed by atoms with Crippen molar-refractivity contribution in [1.29, 1.82) is 0 Å². The number of aryl methyl sites for hydroxylation is 1. The molecule has 1 spiro atoms. The van der Waals surface area contributed by atoms with E-state index in [2.05, 4.69) is 27.4 Å². The Morgan fingerprint density at radius 1 is 1.23 bits per heavy atom. The van der Waals surface area contributed by atoms with Crippen molar-refractivity contribution in [2.24, 2.45) is 7.05 Å². The summed E-state index contributed by atoms with van der Waals surface area (Å²) >= 11 is 0. The van der Waals surface area contributed by atoms with Crippen LogP contribution in [-0.2, 0) is 23.8 Å². The van der Waals surface area contributed by atoms with E-state index in [-0.39, 0.29) is 11.3 Å². The molecule has 2 aromatic rings. The largest absolute Gasteiger partial charge is 0.325 e. The van der Waals surface area contributed by atoms with Crippen molar-refractivity contribution >= 4 is 11.6 Å². The Kier molecular flexibility index (Phi) is 3.04. The lowest BCUT2D eigenvalue weighted by Gasteiger charge is -2.37. The number of nitrogens with zero attached hydrogens (tertiary/aromatic N) is 3. The molecule has 5 heteroatoms. The van der Waals surface area contributed by atoms with Gasteiger partial charge in [-0.15, -0.1) is 0 Å². The first-order valence-electron chi connectivity index (χ1n) is 7.79. The number of para-hydroxylation sites is 1. The Labute approximate surface area is 129 Å². The van der Waals surface area contributed by atoms with E-state index < -0.39 is 0 Å².